The first-order valence-electron chi connectivity index (χ1n) is 6.78. The zero-order valence-electron chi connectivity index (χ0n) is 11.8. The third-order valence-electron chi connectivity index (χ3n) is 3.61. The standard InChI is InChI=1S/C14H21NO4S/c1-10(11-3-4-11)15-20(17,18)14-6-5-13(19-2)9-12(14)7-8-16/h5-6,9-11,15-16H,3-4,7-8H2,1-2H3. The third kappa shape index (κ3) is 3.50. The van der Waals surface area contributed by atoms with Crippen LogP contribution in [-0.2, 0) is 16.4 Å². The predicted molar refractivity (Wildman–Crippen MR) is 76.3 cm³/mol. The lowest BCUT2D eigenvalue weighted by Gasteiger charge is -2.16. The van der Waals surface area contributed by atoms with Crippen molar-refractivity contribution in [2.24, 2.45) is 5.92 Å². The van der Waals surface area contributed by atoms with Crippen LogP contribution in [-0.4, -0.2) is 33.3 Å². The van der Waals surface area contributed by atoms with Crippen molar-refractivity contribution in [2.45, 2.75) is 37.1 Å². The second kappa shape index (κ2) is 6.11. The number of ether oxygens (including phenoxy) is 1. The normalized spacial score (nSPS) is 16.9. The van der Waals surface area contributed by atoms with Crippen LogP contribution in [0.25, 0.3) is 0 Å². The Bertz CT molecular complexity index is 567. The maximum atomic E-state index is 12.4. The fraction of sp³-hybridized carbons (Fsp3) is 0.571. The Morgan fingerprint density at radius 3 is 2.70 bits per heavy atom. The van der Waals surface area contributed by atoms with Crippen molar-refractivity contribution in [2.75, 3.05) is 13.7 Å². The Morgan fingerprint density at radius 2 is 2.15 bits per heavy atom. The lowest BCUT2D eigenvalue weighted by atomic mass is 10.1. The molecule has 1 atom stereocenters. The molecule has 0 spiro atoms. The minimum atomic E-state index is -3.56. The Labute approximate surface area is 120 Å². The van der Waals surface area contributed by atoms with E-state index in [1.54, 1.807) is 12.1 Å². The number of hydrogen-bond acceptors (Lipinski definition) is 4. The van der Waals surface area contributed by atoms with E-state index in [1.165, 1.54) is 13.2 Å². The average Bonchev–Trinajstić information content (AvgIpc) is 3.22. The topological polar surface area (TPSA) is 75.6 Å². The molecule has 1 saturated carbocycles. The molecule has 2 rings (SSSR count). The van der Waals surface area contributed by atoms with Crippen LogP contribution in [0.1, 0.15) is 25.3 Å². The van der Waals surface area contributed by atoms with Gasteiger partial charge in [0.05, 0.1) is 12.0 Å². The molecule has 0 heterocycles. The average molecular weight is 299 g/mol. The van der Waals surface area contributed by atoms with Crippen LogP contribution in [0.2, 0.25) is 0 Å². The summed E-state index contributed by atoms with van der Waals surface area (Å²) in [7, 11) is -2.03. The van der Waals surface area contributed by atoms with Gasteiger partial charge >= 0.3 is 0 Å². The van der Waals surface area contributed by atoms with Crippen LogP contribution in [0.4, 0.5) is 0 Å². The van der Waals surface area contributed by atoms with Crippen molar-refractivity contribution < 1.29 is 18.3 Å². The van der Waals surface area contributed by atoms with E-state index >= 15 is 0 Å². The highest BCUT2D eigenvalue weighted by Crippen LogP contribution is 2.33. The van der Waals surface area contributed by atoms with Gasteiger partial charge in [-0.3, -0.25) is 0 Å². The van der Waals surface area contributed by atoms with Crippen molar-refractivity contribution in [1.82, 2.24) is 4.72 Å². The highest BCUT2D eigenvalue weighted by Gasteiger charge is 2.31. The molecule has 0 bridgehead atoms. The van der Waals surface area contributed by atoms with Gasteiger partial charge in [0.2, 0.25) is 10.0 Å². The van der Waals surface area contributed by atoms with E-state index < -0.39 is 10.0 Å². The van der Waals surface area contributed by atoms with Gasteiger partial charge in [0, 0.05) is 12.6 Å². The van der Waals surface area contributed by atoms with Gasteiger partial charge in [-0.1, -0.05) is 0 Å². The number of aliphatic hydroxyl groups is 1. The summed E-state index contributed by atoms with van der Waals surface area (Å²) in [4.78, 5) is 0.222. The van der Waals surface area contributed by atoms with Crippen molar-refractivity contribution in [3.8, 4) is 5.75 Å². The van der Waals surface area contributed by atoms with E-state index in [4.69, 9.17) is 9.84 Å². The Hall–Kier alpha value is -1.11. The number of benzene rings is 1. The first-order chi connectivity index (χ1) is 9.47. The van der Waals surface area contributed by atoms with Crippen LogP contribution in [0.15, 0.2) is 23.1 Å². The van der Waals surface area contributed by atoms with Crippen LogP contribution in [0.3, 0.4) is 0 Å². The first kappa shape index (κ1) is 15.3. The van der Waals surface area contributed by atoms with Crippen LogP contribution in [0.5, 0.6) is 5.75 Å². The van der Waals surface area contributed by atoms with Crippen molar-refractivity contribution >= 4 is 10.0 Å². The molecule has 1 fully saturated rings. The molecule has 2 N–H and O–H groups in total. The van der Waals surface area contributed by atoms with Gasteiger partial charge in [-0.15, -0.1) is 0 Å². The smallest absolute Gasteiger partial charge is 0.241 e. The molecule has 1 aliphatic rings. The summed E-state index contributed by atoms with van der Waals surface area (Å²) in [5.41, 5.74) is 0.572. The zero-order valence-corrected chi connectivity index (χ0v) is 12.6. The van der Waals surface area contributed by atoms with Crippen molar-refractivity contribution in [3.63, 3.8) is 0 Å². The van der Waals surface area contributed by atoms with Crippen molar-refractivity contribution in [3.05, 3.63) is 23.8 Å². The van der Waals surface area contributed by atoms with E-state index in [0.717, 1.165) is 12.8 Å². The van der Waals surface area contributed by atoms with Gasteiger partial charge in [-0.2, -0.15) is 0 Å². The summed E-state index contributed by atoms with van der Waals surface area (Å²) in [6.07, 6.45) is 2.44. The molecular formula is C14H21NO4S. The lowest BCUT2D eigenvalue weighted by molar-refractivity contribution is 0.298. The monoisotopic (exact) mass is 299 g/mol. The molecule has 6 heteroatoms. The molecule has 1 aromatic carbocycles. The van der Waals surface area contributed by atoms with Gasteiger partial charge in [0.25, 0.3) is 0 Å². The molecule has 5 nitrogen and oxygen atoms in total. The molecule has 1 aromatic rings. The maximum Gasteiger partial charge on any atom is 0.241 e. The molecule has 1 unspecified atom stereocenters. The molecule has 0 saturated heterocycles. The molecule has 0 aliphatic heterocycles. The molecule has 0 radical (unpaired) electrons. The predicted octanol–water partition coefficient (Wildman–Crippen LogP) is 1.31. The number of rotatable bonds is 7. The lowest BCUT2D eigenvalue weighted by Crippen LogP contribution is -2.34. The fourth-order valence-corrected chi connectivity index (χ4v) is 3.82. The summed E-state index contributed by atoms with van der Waals surface area (Å²) in [6, 6.07) is 4.76. The molecule has 0 amide bonds. The number of aliphatic hydroxyl groups excluding tert-OH is 1. The van der Waals surface area contributed by atoms with E-state index in [0.29, 0.717) is 17.2 Å². The Kier molecular flexibility index (Phi) is 4.67. The molecular weight excluding hydrogens is 278 g/mol. The SMILES string of the molecule is COc1ccc(S(=O)(=O)NC(C)C2CC2)c(CCO)c1. The van der Waals surface area contributed by atoms with E-state index in [1.807, 2.05) is 6.92 Å². The van der Waals surface area contributed by atoms with Crippen LogP contribution in [0, 0.1) is 5.92 Å². The molecule has 0 aromatic heterocycles. The third-order valence-corrected chi connectivity index (χ3v) is 5.27. The Morgan fingerprint density at radius 1 is 1.45 bits per heavy atom. The van der Waals surface area contributed by atoms with Gasteiger partial charge in [-0.05, 0) is 55.9 Å². The number of hydrogen-bond donors (Lipinski definition) is 2. The number of methoxy groups -OCH3 is 1. The van der Waals surface area contributed by atoms with E-state index in [9.17, 15) is 8.42 Å². The summed E-state index contributed by atoms with van der Waals surface area (Å²) in [5, 5.41) is 9.10. The second-order valence-corrected chi connectivity index (χ2v) is 6.88. The number of sulfonamides is 1. The molecule has 20 heavy (non-hydrogen) atoms. The summed E-state index contributed by atoms with van der Waals surface area (Å²) >= 11 is 0. The van der Waals surface area contributed by atoms with Crippen LogP contribution >= 0.6 is 0 Å². The summed E-state index contributed by atoms with van der Waals surface area (Å²) < 4.78 is 32.7. The summed E-state index contributed by atoms with van der Waals surface area (Å²) in [5.74, 6) is 1.03. The Balaban J connectivity index is 2.28. The van der Waals surface area contributed by atoms with Gasteiger partial charge in [0.1, 0.15) is 5.75 Å². The number of nitrogens with one attached hydrogen (secondary N) is 1. The maximum absolute atomic E-state index is 12.4. The first-order valence-corrected chi connectivity index (χ1v) is 8.26. The van der Waals surface area contributed by atoms with Crippen molar-refractivity contribution in [1.29, 1.82) is 0 Å². The second-order valence-electron chi connectivity index (χ2n) is 5.19. The highest BCUT2D eigenvalue weighted by atomic mass is 32.2. The van der Waals surface area contributed by atoms with Gasteiger partial charge < -0.3 is 9.84 Å². The van der Waals surface area contributed by atoms with Gasteiger partial charge in [-0.25, -0.2) is 13.1 Å². The largest absolute Gasteiger partial charge is 0.497 e. The molecule has 112 valence electrons. The quantitative estimate of drug-likeness (QED) is 0.796. The van der Waals surface area contributed by atoms with Gasteiger partial charge in [0.15, 0.2) is 0 Å². The summed E-state index contributed by atoms with van der Waals surface area (Å²) in [6.45, 7) is 1.79. The highest BCUT2D eigenvalue weighted by molar-refractivity contribution is 7.89. The minimum absolute atomic E-state index is 0.0518. The fourth-order valence-electron chi connectivity index (χ4n) is 2.26. The molecule has 1 aliphatic carbocycles. The van der Waals surface area contributed by atoms with E-state index in [2.05, 4.69) is 4.72 Å². The van der Waals surface area contributed by atoms with Crippen LogP contribution < -0.4 is 9.46 Å². The zero-order chi connectivity index (χ0) is 14.8. The minimum Gasteiger partial charge on any atom is -0.497 e. The van der Waals surface area contributed by atoms with E-state index in [-0.39, 0.29) is 24.0 Å².